The van der Waals surface area contributed by atoms with Gasteiger partial charge < -0.3 is 19.2 Å². The van der Waals surface area contributed by atoms with E-state index in [1.807, 2.05) is 24.7 Å². The number of hydrogen-bond acceptors (Lipinski definition) is 7. The number of benzene rings is 1. The predicted octanol–water partition coefficient (Wildman–Crippen LogP) is 2.41. The SMILES string of the molecule is CS(=O)(=O)N1CCC(n2cnc3c(-c4cccc5[nH]ccc45)nc(N4CCOCC4)nc32)CC1. The lowest BCUT2D eigenvalue weighted by atomic mass is 10.1. The van der Waals surface area contributed by atoms with Crippen LogP contribution in [0.15, 0.2) is 36.8 Å². The van der Waals surface area contributed by atoms with Crippen molar-refractivity contribution in [2.45, 2.75) is 18.9 Å². The lowest BCUT2D eigenvalue weighted by molar-refractivity contribution is 0.122. The summed E-state index contributed by atoms with van der Waals surface area (Å²) < 4.78 is 33.1. The number of morpholine rings is 1. The molecule has 4 aromatic rings. The smallest absolute Gasteiger partial charge is 0.228 e. The Kier molecular flexibility index (Phi) is 5.27. The molecule has 0 bridgehead atoms. The summed E-state index contributed by atoms with van der Waals surface area (Å²) >= 11 is 0. The summed E-state index contributed by atoms with van der Waals surface area (Å²) in [6, 6.07) is 8.34. The first-order valence-electron chi connectivity index (χ1n) is 11.6. The van der Waals surface area contributed by atoms with Gasteiger partial charge in [-0.25, -0.2) is 22.7 Å². The Labute approximate surface area is 197 Å². The number of aromatic amines is 1. The predicted molar refractivity (Wildman–Crippen MR) is 130 cm³/mol. The van der Waals surface area contributed by atoms with Crippen molar-refractivity contribution in [2.24, 2.45) is 0 Å². The number of fused-ring (bicyclic) bond motifs is 2. The Morgan fingerprint density at radius 2 is 1.85 bits per heavy atom. The van der Waals surface area contributed by atoms with Gasteiger partial charge in [0.05, 0.1) is 25.8 Å². The van der Waals surface area contributed by atoms with Gasteiger partial charge in [0.15, 0.2) is 5.65 Å². The molecule has 0 radical (unpaired) electrons. The molecule has 1 aromatic carbocycles. The molecule has 0 unspecified atom stereocenters. The van der Waals surface area contributed by atoms with Gasteiger partial charge in [-0.15, -0.1) is 0 Å². The van der Waals surface area contributed by atoms with E-state index < -0.39 is 10.0 Å². The van der Waals surface area contributed by atoms with Gasteiger partial charge in [0.25, 0.3) is 0 Å². The molecule has 2 fully saturated rings. The Bertz CT molecular complexity index is 1450. The van der Waals surface area contributed by atoms with Gasteiger partial charge in [-0.2, -0.15) is 4.98 Å². The summed E-state index contributed by atoms with van der Waals surface area (Å²) in [6.45, 7) is 3.77. The first kappa shape index (κ1) is 21.5. The van der Waals surface area contributed by atoms with Crippen molar-refractivity contribution in [3.63, 3.8) is 0 Å². The fraction of sp³-hybridized carbons (Fsp3) is 0.435. The highest BCUT2D eigenvalue weighted by Crippen LogP contribution is 2.35. The third-order valence-electron chi connectivity index (χ3n) is 6.84. The van der Waals surface area contributed by atoms with Crippen LogP contribution in [0.2, 0.25) is 0 Å². The molecule has 0 amide bonds. The van der Waals surface area contributed by atoms with E-state index in [1.54, 1.807) is 4.31 Å². The molecule has 3 aromatic heterocycles. The molecule has 0 aliphatic carbocycles. The number of nitrogens with zero attached hydrogens (tertiary/aromatic N) is 6. The number of rotatable bonds is 4. The van der Waals surface area contributed by atoms with E-state index >= 15 is 0 Å². The molecule has 5 heterocycles. The molecular weight excluding hydrogens is 454 g/mol. The van der Waals surface area contributed by atoms with Crippen molar-refractivity contribution in [2.75, 3.05) is 50.5 Å². The number of H-pyrrole nitrogens is 1. The Hall–Kier alpha value is -3.02. The van der Waals surface area contributed by atoms with E-state index in [0.29, 0.717) is 32.3 Å². The maximum atomic E-state index is 12.0. The number of aromatic nitrogens is 5. The van der Waals surface area contributed by atoms with Gasteiger partial charge in [-0.05, 0) is 25.0 Å². The third-order valence-corrected chi connectivity index (χ3v) is 8.14. The summed E-state index contributed by atoms with van der Waals surface area (Å²) in [5.74, 6) is 0.675. The second-order valence-electron chi connectivity index (χ2n) is 8.93. The Morgan fingerprint density at radius 3 is 2.62 bits per heavy atom. The molecule has 11 heteroatoms. The standard InChI is InChI=1S/C23H27N7O3S/c1-34(31,32)29-9-6-16(7-10-29)30-15-25-21-20(18-3-2-4-19-17(18)5-8-24-19)26-23(27-22(21)30)28-11-13-33-14-12-28/h2-5,8,15-16,24H,6-7,9-14H2,1H3. The molecule has 0 atom stereocenters. The lowest BCUT2D eigenvalue weighted by Gasteiger charge is -2.31. The first-order chi connectivity index (χ1) is 16.5. The molecule has 0 spiro atoms. The summed E-state index contributed by atoms with van der Waals surface area (Å²) in [4.78, 5) is 20.2. The number of anilines is 1. The second kappa shape index (κ2) is 8.33. The highest BCUT2D eigenvalue weighted by atomic mass is 32.2. The molecular formula is C23H27N7O3S. The summed E-state index contributed by atoms with van der Waals surface area (Å²) in [7, 11) is -3.18. The Balaban J connectivity index is 1.47. The minimum Gasteiger partial charge on any atom is -0.378 e. The largest absolute Gasteiger partial charge is 0.378 e. The normalized spacial score (nSPS) is 18.8. The summed E-state index contributed by atoms with van der Waals surface area (Å²) in [5.41, 5.74) is 4.42. The zero-order valence-electron chi connectivity index (χ0n) is 19.0. The van der Waals surface area contributed by atoms with Gasteiger partial charge in [0.1, 0.15) is 11.2 Å². The van der Waals surface area contributed by atoms with Crippen molar-refractivity contribution >= 4 is 38.0 Å². The molecule has 2 saturated heterocycles. The fourth-order valence-corrected chi connectivity index (χ4v) is 5.88. The monoisotopic (exact) mass is 481 g/mol. The van der Waals surface area contributed by atoms with Gasteiger partial charge in [-0.3, -0.25) is 0 Å². The van der Waals surface area contributed by atoms with Crippen LogP contribution in [0, 0.1) is 0 Å². The maximum Gasteiger partial charge on any atom is 0.228 e. The zero-order valence-corrected chi connectivity index (χ0v) is 19.8. The average molecular weight is 482 g/mol. The van der Waals surface area contributed by atoms with E-state index in [0.717, 1.165) is 59.3 Å². The minimum atomic E-state index is -3.18. The van der Waals surface area contributed by atoms with Crippen LogP contribution >= 0.6 is 0 Å². The van der Waals surface area contributed by atoms with Gasteiger partial charge in [0, 0.05) is 54.9 Å². The highest BCUT2D eigenvalue weighted by molar-refractivity contribution is 7.88. The van der Waals surface area contributed by atoms with Crippen LogP contribution < -0.4 is 4.90 Å². The van der Waals surface area contributed by atoms with Gasteiger partial charge >= 0.3 is 0 Å². The van der Waals surface area contributed by atoms with E-state index in [4.69, 9.17) is 19.7 Å². The minimum absolute atomic E-state index is 0.131. The molecule has 34 heavy (non-hydrogen) atoms. The van der Waals surface area contributed by atoms with E-state index in [9.17, 15) is 8.42 Å². The zero-order chi connectivity index (χ0) is 23.3. The lowest BCUT2D eigenvalue weighted by Crippen LogP contribution is -2.38. The summed E-state index contributed by atoms with van der Waals surface area (Å²) in [5, 5.41) is 1.09. The number of sulfonamides is 1. The number of hydrogen-bond donors (Lipinski definition) is 1. The average Bonchev–Trinajstić information content (AvgIpc) is 3.51. The van der Waals surface area contributed by atoms with E-state index in [2.05, 4.69) is 26.6 Å². The van der Waals surface area contributed by atoms with E-state index in [1.165, 1.54) is 6.26 Å². The van der Waals surface area contributed by atoms with Crippen LogP contribution in [0.4, 0.5) is 5.95 Å². The van der Waals surface area contributed by atoms with Crippen LogP contribution in [-0.4, -0.2) is 82.9 Å². The number of ether oxygens (including phenoxy) is 1. The van der Waals surface area contributed by atoms with Crippen LogP contribution in [-0.2, 0) is 14.8 Å². The van der Waals surface area contributed by atoms with Crippen molar-refractivity contribution in [3.8, 4) is 11.3 Å². The topological polar surface area (TPSA) is 109 Å². The van der Waals surface area contributed by atoms with Crippen molar-refractivity contribution in [3.05, 3.63) is 36.8 Å². The van der Waals surface area contributed by atoms with Crippen molar-refractivity contribution < 1.29 is 13.2 Å². The van der Waals surface area contributed by atoms with Crippen LogP contribution in [0.25, 0.3) is 33.3 Å². The maximum absolute atomic E-state index is 12.0. The quantitative estimate of drug-likeness (QED) is 0.477. The molecule has 2 aliphatic heterocycles. The highest BCUT2D eigenvalue weighted by Gasteiger charge is 2.28. The van der Waals surface area contributed by atoms with Crippen LogP contribution in [0.5, 0.6) is 0 Å². The molecule has 2 aliphatic rings. The summed E-state index contributed by atoms with van der Waals surface area (Å²) in [6.07, 6.45) is 6.49. The van der Waals surface area contributed by atoms with Crippen LogP contribution in [0.1, 0.15) is 18.9 Å². The Morgan fingerprint density at radius 1 is 1.06 bits per heavy atom. The third kappa shape index (κ3) is 3.73. The second-order valence-corrected chi connectivity index (χ2v) is 10.9. The molecule has 6 rings (SSSR count). The van der Waals surface area contributed by atoms with Gasteiger partial charge in [0.2, 0.25) is 16.0 Å². The fourth-order valence-electron chi connectivity index (χ4n) is 5.01. The van der Waals surface area contributed by atoms with E-state index in [-0.39, 0.29) is 6.04 Å². The molecule has 10 nitrogen and oxygen atoms in total. The molecule has 0 saturated carbocycles. The molecule has 178 valence electrons. The van der Waals surface area contributed by atoms with Crippen molar-refractivity contribution in [1.82, 2.24) is 28.8 Å². The van der Waals surface area contributed by atoms with Crippen LogP contribution in [0.3, 0.4) is 0 Å². The van der Waals surface area contributed by atoms with Gasteiger partial charge in [-0.1, -0.05) is 12.1 Å². The number of piperidine rings is 1. The molecule has 1 N–H and O–H groups in total. The number of imidazole rings is 1. The first-order valence-corrected chi connectivity index (χ1v) is 13.4. The number of nitrogens with one attached hydrogen (secondary N) is 1. The van der Waals surface area contributed by atoms with Crippen molar-refractivity contribution in [1.29, 1.82) is 0 Å².